The van der Waals surface area contributed by atoms with Gasteiger partial charge in [-0.15, -0.1) is 11.3 Å². The first-order valence-corrected chi connectivity index (χ1v) is 20.3. The summed E-state index contributed by atoms with van der Waals surface area (Å²) in [5.41, 5.74) is 8.35. The zero-order valence-electron chi connectivity index (χ0n) is 30.9. The van der Waals surface area contributed by atoms with Crippen LogP contribution in [0.1, 0.15) is 0 Å². The van der Waals surface area contributed by atoms with Crippen molar-refractivity contribution in [2.24, 2.45) is 0 Å². The van der Waals surface area contributed by atoms with Gasteiger partial charge in [-0.25, -0.2) is 0 Å². The van der Waals surface area contributed by atoms with Gasteiger partial charge in [-0.3, -0.25) is 9.13 Å². The van der Waals surface area contributed by atoms with Crippen molar-refractivity contribution in [3.8, 4) is 29.0 Å². The molecule has 0 N–H and O–H groups in total. The van der Waals surface area contributed by atoms with Gasteiger partial charge in [0.05, 0.1) is 38.8 Å². The van der Waals surface area contributed by atoms with Gasteiger partial charge in [0.2, 0.25) is 11.9 Å². The molecule has 0 fully saturated rings. The van der Waals surface area contributed by atoms with E-state index in [1.165, 1.54) is 30.9 Å². The van der Waals surface area contributed by atoms with E-state index in [-0.39, 0.29) is 0 Å². The van der Waals surface area contributed by atoms with Gasteiger partial charge in [0.15, 0.2) is 5.82 Å². The van der Waals surface area contributed by atoms with Crippen molar-refractivity contribution >= 4 is 96.9 Å². The summed E-state index contributed by atoms with van der Waals surface area (Å²) < 4.78 is 9.25. The van der Waals surface area contributed by atoms with Crippen LogP contribution >= 0.6 is 11.3 Å². The maximum atomic E-state index is 5.54. The Morgan fingerprint density at radius 1 is 0.310 bits per heavy atom. The van der Waals surface area contributed by atoms with Crippen LogP contribution in [0.2, 0.25) is 0 Å². The molecule has 0 aliphatic carbocycles. The van der Waals surface area contributed by atoms with E-state index < -0.39 is 0 Å². The zero-order valence-corrected chi connectivity index (χ0v) is 31.7. The summed E-state index contributed by atoms with van der Waals surface area (Å²) in [5, 5.41) is 9.40. The van der Waals surface area contributed by atoms with Gasteiger partial charge >= 0.3 is 0 Å². The largest absolute Gasteiger partial charge is 0.308 e. The summed E-state index contributed by atoms with van der Waals surface area (Å²) in [6.45, 7) is 0. The van der Waals surface area contributed by atoms with Gasteiger partial charge < -0.3 is 4.57 Å². The summed E-state index contributed by atoms with van der Waals surface area (Å²) in [6, 6.07) is 64.8. The molecular weight excluding hydrogens is 729 g/mol. The van der Waals surface area contributed by atoms with Crippen LogP contribution in [-0.2, 0) is 0 Å². The minimum Gasteiger partial charge on any atom is -0.308 e. The van der Waals surface area contributed by atoms with Gasteiger partial charge in [-0.1, -0.05) is 127 Å². The fourth-order valence-corrected chi connectivity index (χ4v) is 10.4. The summed E-state index contributed by atoms with van der Waals surface area (Å²) in [6.07, 6.45) is 0. The molecule has 8 aromatic carbocycles. The first kappa shape index (κ1) is 31.6. The van der Waals surface area contributed by atoms with Crippen LogP contribution in [0, 0.1) is 0 Å². The second-order valence-corrected chi connectivity index (χ2v) is 15.9. The average Bonchev–Trinajstić information content (AvgIpc) is 4.02. The molecule has 0 aliphatic heterocycles. The molecule has 0 saturated carbocycles. The molecule has 0 bridgehead atoms. The predicted molar refractivity (Wildman–Crippen MR) is 241 cm³/mol. The average molecular weight is 759 g/mol. The number of rotatable bonds is 4. The van der Waals surface area contributed by atoms with E-state index >= 15 is 0 Å². The maximum absolute atomic E-state index is 5.54. The normalized spacial score (nSPS) is 12.1. The van der Waals surface area contributed by atoms with E-state index in [0.717, 1.165) is 65.9 Å². The Kier molecular flexibility index (Phi) is 6.50. The summed E-state index contributed by atoms with van der Waals surface area (Å²) in [5.74, 6) is 1.71. The smallest absolute Gasteiger partial charge is 0.240 e. The van der Waals surface area contributed by atoms with Crippen molar-refractivity contribution in [1.29, 1.82) is 0 Å². The van der Waals surface area contributed by atoms with E-state index in [9.17, 15) is 0 Å². The van der Waals surface area contributed by atoms with E-state index in [1.54, 1.807) is 0 Å². The Labute approximate surface area is 335 Å². The van der Waals surface area contributed by atoms with Crippen LogP contribution in [-0.4, -0.2) is 28.7 Å². The van der Waals surface area contributed by atoms with Gasteiger partial charge in [0, 0.05) is 58.1 Å². The fourth-order valence-electron chi connectivity index (χ4n) is 9.26. The third-order valence-electron chi connectivity index (χ3n) is 11.7. The third-order valence-corrected chi connectivity index (χ3v) is 12.9. The summed E-state index contributed by atoms with van der Waals surface area (Å²) in [7, 11) is 0. The Morgan fingerprint density at radius 3 is 1.10 bits per heavy atom. The fraction of sp³-hybridized carbons (Fsp3) is 0. The second-order valence-electron chi connectivity index (χ2n) is 14.8. The van der Waals surface area contributed by atoms with E-state index in [4.69, 9.17) is 15.0 Å². The molecule has 13 aromatic rings. The van der Waals surface area contributed by atoms with Crippen molar-refractivity contribution < 1.29 is 0 Å². The van der Waals surface area contributed by atoms with E-state index in [1.807, 2.05) is 11.3 Å². The summed E-state index contributed by atoms with van der Waals surface area (Å²) >= 11 is 1.82. The number of fused-ring (bicyclic) bond motifs is 12. The van der Waals surface area contributed by atoms with Crippen molar-refractivity contribution in [3.05, 3.63) is 182 Å². The minimum atomic E-state index is 0.558. The molecule has 0 spiro atoms. The van der Waals surface area contributed by atoms with E-state index in [0.29, 0.717) is 17.7 Å². The highest BCUT2D eigenvalue weighted by atomic mass is 32.1. The third kappa shape index (κ3) is 4.39. The monoisotopic (exact) mass is 758 g/mol. The molecule has 13 rings (SSSR count). The Balaban J connectivity index is 1.21. The molecule has 0 unspecified atom stereocenters. The molecule has 6 nitrogen and oxygen atoms in total. The quantitative estimate of drug-likeness (QED) is 0.180. The second kappa shape index (κ2) is 11.9. The van der Waals surface area contributed by atoms with Crippen LogP contribution in [0.5, 0.6) is 0 Å². The molecule has 0 atom stereocenters. The van der Waals surface area contributed by atoms with Crippen LogP contribution in [0.4, 0.5) is 0 Å². The summed E-state index contributed by atoms with van der Waals surface area (Å²) in [4.78, 5) is 16.5. The highest BCUT2D eigenvalue weighted by molar-refractivity contribution is 7.25. The Bertz CT molecular complexity index is 3530. The molecule has 270 valence electrons. The first-order chi connectivity index (χ1) is 28.8. The molecular formula is C51H30N6S. The van der Waals surface area contributed by atoms with Crippen molar-refractivity contribution in [2.75, 3.05) is 0 Å². The number of thiophene rings is 1. The lowest BCUT2D eigenvalue weighted by Gasteiger charge is -2.16. The highest BCUT2D eigenvalue weighted by Gasteiger charge is 2.24. The molecule has 7 heteroatoms. The van der Waals surface area contributed by atoms with Gasteiger partial charge in [0.25, 0.3) is 0 Å². The molecule has 0 amide bonds. The molecule has 5 heterocycles. The topological polar surface area (TPSA) is 53.5 Å². The van der Waals surface area contributed by atoms with Gasteiger partial charge in [-0.05, 0) is 54.6 Å². The van der Waals surface area contributed by atoms with Crippen LogP contribution < -0.4 is 0 Å². The van der Waals surface area contributed by atoms with E-state index in [2.05, 4.69) is 196 Å². The molecule has 5 aromatic heterocycles. The van der Waals surface area contributed by atoms with Crippen molar-refractivity contribution in [2.45, 2.75) is 0 Å². The van der Waals surface area contributed by atoms with Crippen LogP contribution in [0.25, 0.3) is 115 Å². The van der Waals surface area contributed by atoms with Crippen molar-refractivity contribution in [3.63, 3.8) is 0 Å². The Morgan fingerprint density at radius 2 is 0.672 bits per heavy atom. The predicted octanol–water partition coefficient (Wildman–Crippen LogP) is 13.2. The lowest BCUT2D eigenvalue weighted by atomic mass is 10.1. The number of nitrogens with zero attached hydrogens (tertiary/aromatic N) is 6. The van der Waals surface area contributed by atoms with Gasteiger partial charge in [0.1, 0.15) is 0 Å². The molecule has 58 heavy (non-hydrogen) atoms. The van der Waals surface area contributed by atoms with Crippen LogP contribution in [0.3, 0.4) is 0 Å². The molecule has 0 saturated heterocycles. The number of aromatic nitrogens is 6. The van der Waals surface area contributed by atoms with Gasteiger partial charge in [-0.2, -0.15) is 15.0 Å². The zero-order chi connectivity index (χ0) is 37.9. The lowest BCUT2D eigenvalue weighted by molar-refractivity contribution is 0.892. The number of hydrogen-bond donors (Lipinski definition) is 0. The lowest BCUT2D eigenvalue weighted by Crippen LogP contribution is -2.11. The first-order valence-electron chi connectivity index (χ1n) is 19.5. The number of benzene rings is 8. The number of hydrogen-bond acceptors (Lipinski definition) is 4. The number of para-hydroxylation sites is 6. The minimum absolute atomic E-state index is 0.558. The SMILES string of the molecule is c1ccc2c(c1)sc1cc(-n3c4ccccc4c4ccccc43)c(-c3nc(-n4c5ccccc5c5ccccc54)nc(-n4c5ccccc5c5ccccc54)n3)cc12. The van der Waals surface area contributed by atoms with Crippen molar-refractivity contribution in [1.82, 2.24) is 28.7 Å². The standard InChI is InChI=1S/C51H30N6S/c1-8-22-40-31(15-1)32-16-2-9-23-41(32)55(40)46-30-48-38(37-21-7-14-28-47(37)58-48)29-39(46)49-52-50(56-42-24-10-3-17-33(42)34-18-4-11-25-43(34)56)54-51(53-49)57-44-26-12-5-19-35(44)36-20-6-13-27-45(36)57/h1-30H. The highest BCUT2D eigenvalue weighted by Crippen LogP contribution is 2.43. The molecule has 0 radical (unpaired) electrons. The van der Waals surface area contributed by atoms with Crippen LogP contribution in [0.15, 0.2) is 182 Å². The maximum Gasteiger partial charge on any atom is 0.240 e. The molecule has 0 aliphatic rings. The Hall–Kier alpha value is -7.61.